The van der Waals surface area contributed by atoms with Crippen LogP contribution in [0.2, 0.25) is 0 Å². The number of benzene rings is 2. The average Bonchev–Trinajstić information content (AvgIpc) is 2.51. The molecule has 3 N–H and O–H groups in total. The summed E-state index contributed by atoms with van der Waals surface area (Å²) in [5.41, 5.74) is 0.237. The van der Waals surface area contributed by atoms with Gasteiger partial charge in [0.15, 0.2) is 0 Å². The molecule has 2 aromatic rings. The zero-order valence-electron chi connectivity index (χ0n) is 12.0. The molecule has 0 saturated heterocycles. The number of carbonyl (C=O) groups excluding carboxylic acids is 1. The number of sulfonamides is 1. The first kappa shape index (κ1) is 18.0. The maximum atomic E-state index is 12.2. The van der Waals surface area contributed by atoms with Crippen molar-refractivity contribution < 1.29 is 13.2 Å². The molecule has 0 spiro atoms. The first-order valence-electron chi connectivity index (χ1n) is 6.66. The number of hydrogen-bond acceptors (Lipinski definition) is 4. The van der Waals surface area contributed by atoms with E-state index in [4.69, 9.17) is 5.14 Å². The molecule has 0 aromatic heterocycles. The summed E-state index contributed by atoms with van der Waals surface area (Å²) >= 11 is 4.87. The van der Waals surface area contributed by atoms with Gasteiger partial charge in [0.1, 0.15) is 0 Å². The Morgan fingerprint density at radius 2 is 1.87 bits per heavy atom. The lowest BCUT2D eigenvalue weighted by Gasteiger charge is -2.08. The van der Waals surface area contributed by atoms with E-state index >= 15 is 0 Å². The number of amides is 1. The van der Waals surface area contributed by atoms with Gasteiger partial charge in [0.2, 0.25) is 10.0 Å². The van der Waals surface area contributed by atoms with E-state index in [1.807, 2.05) is 30.3 Å². The van der Waals surface area contributed by atoms with Crippen LogP contribution >= 0.6 is 27.7 Å². The van der Waals surface area contributed by atoms with Gasteiger partial charge >= 0.3 is 0 Å². The quantitative estimate of drug-likeness (QED) is 0.561. The summed E-state index contributed by atoms with van der Waals surface area (Å²) < 4.78 is 23.2. The van der Waals surface area contributed by atoms with Crippen LogP contribution in [-0.4, -0.2) is 26.6 Å². The van der Waals surface area contributed by atoms with Crippen LogP contribution in [0, 0.1) is 0 Å². The highest BCUT2D eigenvalue weighted by Gasteiger charge is 2.15. The van der Waals surface area contributed by atoms with Crippen LogP contribution in [0.5, 0.6) is 0 Å². The van der Waals surface area contributed by atoms with Gasteiger partial charge in [-0.2, -0.15) is 0 Å². The van der Waals surface area contributed by atoms with E-state index in [1.54, 1.807) is 11.8 Å². The fraction of sp³-hybridized carbons (Fsp3) is 0.133. The molecule has 0 aliphatic heterocycles. The summed E-state index contributed by atoms with van der Waals surface area (Å²) in [5.74, 6) is 0.360. The van der Waals surface area contributed by atoms with Crippen molar-refractivity contribution in [2.24, 2.45) is 5.14 Å². The Morgan fingerprint density at radius 1 is 1.17 bits per heavy atom. The molecule has 2 rings (SSSR count). The first-order chi connectivity index (χ1) is 10.9. The SMILES string of the molecule is NS(=O)(=O)c1ccc(Br)c(C(=O)NCCSc2ccccc2)c1. The van der Waals surface area contributed by atoms with Crippen molar-refractivity contribution in [3.8, 4) is 0 Å². The largest absolute Gasteiger partial charge is 0.351 e. The minimum atomic E-state index is -3.84. The van der Waals surface area contributed by atoms with Crippen molar-refractivity contribution in [1.82, 2.24) is 5.32 Å². The molecule has 0 aliphatic rings. The lowest BCUT2D eigenvalue weighted by Crippen LogP contribution is -2.26. The van der Waals surface area contributed by atoms with Gasteiger partial charge in [-0.1, -0.05) is 18.2 Å². The van der Waals surface area contributed by atoms with E-state index in [9.17, 15) is 13.2 Å². The van der Waals surface area contributed by atoms with E-state index in [-0.39, 0.29) is 16.4 Å². The number of rotatable bonds is 6. The molecule has 0 radical (unpaired) electrons. The lowest BCUT2D eigenvalue weighted by atomic mass is 10.2. The molecule has 8 heteroatoms. The van der Waals surface area contributed by atoms with Crippen LogP contribution in [0.25, 0.3) is 0 Å². The van der Waals surface area contributed by atoms with Crippen molar-refractivity contribution in [3.05, 3.63) is 58.6 Å². The molecule has 23 heavy (non-hydrogen) atoms. The molecule has 1 amide bonds. The van der Waals surface area contributed by atoms with Crippen molar-refractivity contribution in [2.75, 3.05) is 12.3 Å². The fourth-order valence-corrected chi connectivity index (χ4v) is 3.56. The first-order valence-corrected chi connectivity index (χ1v) is 9.99. The summed E-state index contributed by atoms with van der Waals surface area (Å²) in [6.45, 7) is 0.463. The Hall–Kier alpha value is -1.35. The third-order valence-corrected chi connectivity index (χ3v) is 5.53. The van der Waals surface area contributed by atoms with Gasteiger partial charge in [0.05, 0.1) is 10.5 Å². The maximum Gasteiger partial charge on any atom is 0.252 e. The Bertz CT molecular complexity index is 796. The van der Waals surface area contributed by atoms with E-state index in [1.165, 1.54) is 18.2 Å². The molecule has 5 nitrogen and oxygen atoms in total. The molecule has 0 atom stereocenters. The highest BCUT2D eigenvalue weighted by atomic mass is 79.9. The van der Waals surface area contributed by atoms with Crippen LogP contribution in [0.1, 0.15) is 10.4 Å². The van der Waals surface area contributed by atoms with Gasteiger partial charge in [-0.15, -0.1) is 11.8 Å². The van der Waals surface area contributed by atoms with Gasteiger partial charge in [-0.25, -0.2) is 13.6 Å². The highest BCUT2D eigenvalue weighted by molar-refractivity contribution is 9.10. The van der Waals surface area contributed by atoms with E-state index in [0.717, 1.165) is 4.90 Å². The number of carbonyl (C=O) groups is 1. The summed E-state index contributed by atoms with van der Waals surface area (Å²) in [6.07, 6.45) is 0. The highest BCUT2D eigenvalue weighted by Crippen LogP contribution is 2.21. The number of thioether (sulfide) groups is 1. The molecule has 0 aliphatic carbocycles. The van der Waals surface area contributed by atoms with Gasteiger partial charge in [-0.05, 0) is 46.3 Å². The third-order valence-electron chi connectivity index (χ3n) is 2.91. The molecule has 0 fully saturated rings. The normalized spacial score (nSPS) is 11.2. The second kappa shape index (κ2) is 7.96. The molecule has 122 valence electrons. The molecule has 2 aromatic carbocycles. The number of halogens is 1. The van der Waals surface area contributed by atoms with Crippen LogP contribution in [0.4, 0.5) is 0 Å². The van der Waals surface area contributed by atoms with E-state index in [0.29, 0.717) is 16.8 Å². The van der Waals surface area contributed by atoms with Crippen LogP contribution in [0.3, 0.4) is 0 Å². The molecule has 0 heterocycles. The Balaban J connectivity index is 1.95. The van der Waals surface area contributed by atoms with Gasteiger partial charge in [0, 0.05) is 21.7 Å². The minimum Gasteiger partial charge on any atom is -0.351 e. The molecule has 0 bridgehead atoms. The number of hydrogen-bond donors (Lipinski definition) is 2. The minimum absolute atomic E-state index is 0.0930. The molecular weight excluding hydrogens is 400 g/mol. The monoisotopic (exact) mass is 414 g/mol. The standard InChI is InChI=1S/C15H15BrN2O3S2/c16-14-7-6-12(23(17,20)21)10-13(14)15(19)18-8-9-22-11-4-2-1-3-5-11/h1-7,10H,8-9H2,(H,18,19)(H2,17,20,21). The van der Waals surface area contributed by atoms with Crippen LogP contribution < -0.4 is 10.5 Å². The fourth-order valence-electron chi connectivity index (χ4n) is 1.80. The van der Waals surface area contributed by atoms with Crippen molar-refractivity contribution in [3.63, 3.8) is 0 Å². The second-order valence-electron chi connectivity index (χ2n) is 4.60. The Morgan fingerprint density at radius 3 is 2.52 bits per heavy atom. The predicted molar refractivity (Wildman–Crippen MR) is 95.0 cm³/mol. The van der Waals surface area contributed by atoms with Gasteiger partial charge < -0.3 is 5.32 Å². The number of nitrogens with one attached hydrogen (secondary N) is 1. The lowest BCUT2D eigenvalue weighted by molar-refractivity contribution is 0.0955. The zero-order chi connectivity index (χ0) is 16.9. The summed E-state index contributed by atoms with van der Waals surface area (Å²) in [4.78, 5) is 13.2. The number of primary sulfonamides is 1. The van der Waals surface area contributed by atoms with E-state index in [2.05, 4.69) is 21.2 Å². The molecule has 0 saturated carbocycles. The van der Waals surface area contributed by atoms with Crippen molar-refractivity contribution in [2.45, 2.75) is 9.79 Å². The second-order valence-corrected chi connectivity index (χ2v) is 8.19. The average molecular weight is 415 g/mol. The van der Waals surface area contributed by atoms with Gasteiger partial charge in [0.25, 0.3) is 5.91 Å². The molecular formula is C15H15BrN2O3S2. The Kier molecular flexibility index (Phi) is 6.23. The van der Waals surface area contributed by atoms with E-state index < -0.39 is 10.0 Å². The smallest absolute Gasteiger partial charge is 0.252 e. The zero-order valence-corrected chi connectivity index (χ0v) is 15.2. The predicted octanol–water partition coefficient (Wildman–Crippen LogP) is 2.62. The summed E-state index contributed by atoms with van der Waals surface area (Å²) in [5, 5.41) is 7.85. The molecule has 0 unspecified atom stereocenters. The Labute approximate surface area is 147 Å². The van der Waals surface area contributed by atoms with Crippen LogP contribution in [0.15, 0.2) is 62.8 Å². The topological polar surface area (TPSA) is 89.3 Å². The third kappa shape index (κ3) is 5.35. The van der Waals surface area contributed by atoms with Crippen molar-refractivity contribution in [1.29, 1.82) is 0 Å². The van der Waals surface area contributed by atoms with Gasteiger partial charge in [-0.3, -0.25) is 4.79 Å². The van der Waals surface area contributed by atoms with Crippen molar-refractivity contribution >= 4 is 43.6 Å². The number of nitrogens with two attached hydrogens (primary N) is 1. The van der Waals surface area contributed by atoms with Crippen LogP contribution in [-0.2, 0) is 10.0 Å². The summed E-state index contributed by atoms with van der Waals surface area (Å²) in [6, 6.07) is 14.0. The summed E-state index contributed by atoms with van der Waals surface area (Å²) in [7, 11) is -3.84. The maximum absolute atomic E-state index is 12.2.